The van der Waals surface area contributed by atoms with Gasteiger partial charge in [-0.3, -0.25) is 0 Å². The summed E-state index contributed by atoms with van der Waals surface area (Å²) < 4.78 is 60.8. The summed E-state index contributed by atoms with van der Waals surface area (Å²) in [6.45, 7) is 2.46. The molecule has 0 aliphatic rings. The van der Waals surface area contributed by atoms with Gasteiger partial charge in [0.05, 0.1) is 9.79 Å². The van der Waals surface area contributed by atoms with E-state index in [-0.39, 0.29) is 10.9 Å². The van der Waals surface area contributed by atoms with Gasteiger partial charge in [0.25, 0.3) is 0 Å². The van der Waals surface area contributed by atoms with Crippen LogP contribution in [-0.2, 0) is 20.2 Å². The summed E-state index contributed by atoms with van der Waals surface area (Å²) in [6.07, 6.45) is 0.628. The first-order valence-corrected chi connectivity index (χ1v) is 9.11. The molecule has 1 rings (SSSR count). The lowest BCUT2D eigenvalue weighted by Crippen LogP contribution is -2.34. The fourth-order valence-corrected chi connectivity index (χ4v) is 3.36. The molecule has 120 valence electrons. The van der Waals surface area contributed by atoms with Crippen LogP contribution in [0.5, 0.6) is 0 Å². The first-order chi connectivity index (χ1) is 9.52. The highest BCUT2D eigenvalue weighted by molar-refractivity contribution is 7.89. The van der Waals surface area contributed by atoms with Crippen molar-refractivity contribution in [3.05, 3.63) is 24.3 Å². The molecule has 0 saturated carbocycles. The molecule has 0 radical (unpaired) electrons. The molecule has 0 aromatic heterocycles. The van der Waals surface area contributed by atoms with Crippen molar-refractivity contribution in [2.24, 2.45) is 0 Å². The predicted octanol–water partition coefficient (Wildman–Crippen LogP) is 0.963. The molecule has 0 amide bonds. The second-order valence-electron chi connectivity index (χ2n) is 5.02. The molecular formula is C12H19FN2O4S2. The highest BCUT2D eigenvalue weighted by atomic mass is 32.3. The SMILES string of the molecule is CC(CCN(C)C)NS(=O)(=O)c1ccc(S(=O)(=O)F)cc1. The van der Waals surface area contributed by atoms with Crippen LogP contribution in [0.2, 0.25) is 0 Å². The number of rotatable bonds is 7. The Morgan fingerprint density at radius 1 is 1.10 bits per heavy atom. The van der Waals surface area contributed by atoms with Crippen molar-refractivity contribution >= 4 is 20.2 Å². The van der Waals surface area contributed by atoms with Crippen molar-refractivity contribution < 1.29 is 20.7 Å². The summed E-state index contributed by atoms with van der Waals surface area (Å²) in [4.78, 5) is 1.26. The Hall–Kier alpha value is -1.03. The molecule has 1 atom stereocenters. The van der Waals surface area contributed by atoms with Crippen LogP contribution in [-0.4, -0.2) is 48.4 Å². The average Bonchev–Trinajstić information content (AvgIpc) is 2.35. The largest absolute Gasteiger partial charge is 0.332 e. The standard InChI is InChI=1S/C12H19FN2O4S2/c1-10(8-9-15(2)3)14-21(18,19)12-6-4-11(5-7-12)20(13,16)17/h4-7,10,14H,8-9H2,1-3H3. The number of benzene rings is 1. The molecule has 0 saturated heterocycles. The van der Waals surface area contributed by atoms with Crippen molar-refractivity contribution in [3.8, 4) is 0 Å². The Morgan fingerprint density at radius 3 is 2.00 bits per heavy atom. The maximum atomic E-state index is 12.7. The molecule has 9 heteroatoms. The fraction of sp³-hybridized carbons (Fsp3) is 0.500. The lowest BCUT2D eigenvalue weighted by molar-refractivity contribution is 0.379. The van der Waals surface area contributed by atoms with E-state index in [4.69, 9.17) is 0 Å². The van der Waals surface area contributed by atoms with Crippen molar-refractivity contribution in [1.82, 2.24) is 9.62 Å². The molecule has 21 heavy (non-hydrogen) atoms. The quantitative estimate of drug-likeness (QED) is 0.749. The normalized spacial score (nSPS) is 14.3. The number of hydrogen-bond acceptors (Lipinski definition) is 5. The Kier molecular flexibility index (Phi) is 5.85. The van der Waals surface area contributed by atoms with Crippen molar-refractivity contribution in [3.63, 3.8) is 0 Å². The van der Waals surface area contributed by atoms with E-state index in [0.29, 0.717) is 6.42 Å². The fourth-order valence-electron chi connectivity index (χ4n) is 1.63. The molecule has 1 aromatic carbocycles. The maximum absolute atomic E-state index is 12.7. The van der Waals surface area contributed by atoms with E-state index in [0.717, 1.165) is 30.8 Å². The minimum atomic E-state index is -4.83. The number of nitrogens with zero attached hydrogens (tertiary/aromatic N) is 1. The minimum absolute atomic E-state index is 0.105. The minimum Gasteiger partial charge on any atom is -0.309 e. The van der Waals surface area contributed by atoms with Crippen LogP contribution in [0, 0.1) is 0 Å². The van der Waals surface area contributed by atoms with Crippen LogP contribution < -0.4 is 4.72 Å². The number of hydrogen-bond donors (Lipinski definition) is 1. The topological polar surface area (TPSA) is 83.6 Å². The summed E-state index contributed by atoms with van der Waals surface area (Å²) in [5, 5.41) is 0. The summed E-state index contributed by atoms with van der Waals surface area (Å²) >= 11 is 0. The molecule has 0 bridgehead atoms. The maximum Gasteiger partial charge on any atom is 0.332 e. The summed E-state index contributed by atoms with van der Waals surface area (Å²) in [6, 6.07) is 3.70. The highest BCUT2D eigenvalue weighted by Crippen LogP contribution is 2.16. The third kappa shape index (κ3) is 5.70. The van der Waals surface area contributed by atoms with Crippen LogP contribution in [0.4, 0.5) is 3.89 Å². The second-order valence-corrected chi connectivity index (χ2v) is 8.08. The van der Waals surface area contributed by atoms with E-state index in [1.54, 1.807) is 6.92 Å². The lowest BCUT2D eigenvalue weighted by Gasteiger charge is -2.16. The smallest absolute Gasteiger partial charge is 0.309 e. The van der Waals surface area contributed by atoms with Gasteiger partial charge >= 0.3 is 10.2 Å². The van der Waals surface area contributed by atoms with Crippen LogP contribution in [0.15, 0.2) is 34.1 Å². The van der Waals surface area contributed by atoms with Gasteiger partial charge in [0, 0.05) is 6.04 Å². The molecule has 6 nitrogen and oxygen atoms in total. The van der Waals surface area contributed by atoms with Gasteiger partial charge in [0.2, 0.25) is 10.0 Å². The predicted molar refractivity (Wildman–Crippen MR) is 77.7 cm³/mol. The van der Waals surface area contributed by atoms with Gasteiger partial charge in [-0.15, -0.1) is 3.89 Å². The molecule has 0 heterocycles. The van der Waals surface area contributed by atoms with Crippen LogP contribution >= 0.6 is 0 Å². The highest BCUT2D eigenvalue weighted by Gasteiger charge is 2.19. The zero-order valence-electron chi connectivity index (χ0n) is 12.1. The van der Waals surface area contributed by atoms with E-state index in [1.807, 2.05) is 19.0 Å². The molecule has 1 N–H and O–H groups in total. The number of sulfonamides is 1. The van der Waals surface area contributed by atoms with E-state index in [1.165, 1.54) is 0 Å². The van der Waals surface area contributed by atoms with Gasteiger partial charge in [0.15, 0.2) is 0 Å². The van der Waals surface area contributed by atoms with E-state index < -0.39 is 25.1 Å². The van der Waals surface area contributed by atoms with Gasteiger partial charge in [-0.1, -0.05) is 0 Å². The summed E-state index contributed by atoms with van der Waals surface area (Å²) in [5.41, 5.74) is 0. The van der Waals surface area contributed by atoms with Gasteiger partial charge in [-0.2, -0.15) is 8.42 Å². The van der Waals surface area contributed by atoms with Gasteiger partial charge in [0.1, 0.15) is 0 Å². The number of halogens is 1. The van der Waals surface area contributed by atoms with E-state index in [9.17, 15) is 20.7 Å². The average molecular weight is 338 g/mol. The summed E-state index contributed by atoms with van der Waals surface area (Å²) in [5.74, 6) is 0. The first-order valence-electron chi connectivity index (χ1n) is 6.24. The van der Waals surface area contributed by atoms with E-state index in [2.05, 4.69) is 4.72 Å². The number of nitrogens with one attached hydrogen (secondary N) is 1. The Morgan fingerprint density at radius 2 is 1.57 bits per heavy atom. The van der Waals surface area contributed by atoms with Crippen LogP contribution in [0.3, 0.4) is 0 Å². The molecule has 0 fully saturated rings. The third-order valence-corrected chi connectivity index (χ3v) is 5.22. The molecule has 1 aromatic rings. The van der Waals surface area contributed by atoms with Gasteiger partial charge < -0.3 is 4.90 Å². The molecule has 0 aliphatic carbocycles. The van der Waals surface area contributed by atoms with Crippen molar-refractivity contribution in [1.29, 1.82) is 0 Å². The first kappa shape index (κ1) is 18.0. The van der Waals surface area contributed by atoms with Crippen molar-refractivity contribution in [2.45, 2.75) is 29.2 Å². The van der Waals surface area contributed by atoms with Gasteiger partial charge in [-0.05, 0) is 58.3 Å². The van der Waals surface area contributed by atoms with Crippen molar-refractivity contribution in [2.75, 3.05) is 20.6 Å². The molecule has 1 unspecified atom stereocenters. The lowest BCUT2D eigenvalue weighted by atomic mass is 10.2. The Bertz CT molecular complexity index is 670. The zero-order valence-corrected chi connectivity index (χ0v) is 13.7. The molecular weight excluding hydrogens is 319 g/mol. The summed E-state index contributed by atoms with van der Waals surface area (Å²) in [7, 11) is -4.81. The van der Waals surface area contributed by atoms with Crippen LogP contribution in [0.1, 0.15) is 13.3 Å². The monoisotopic (exact) mass is 338 g/mol. The van der Waals surface area contributed by atoms with Crippen LogP contribution in [0.25, 0.3) is 0 Å². The Balaban J connectivity index is 2.84. The van der Waals surface area contributed by atoms with E-state index >= 15 is 0 Å². The molecule has 0 spiro atoms. The Labute approximate surface area is 125 Å². The third-order valence-electron chi connectivity index (χ3n) is 2.78. The molecule has 0 aliphatic heterocycles. The second kappa shape index (κ2) is 6.82. The van der Waals surface area contributed by atoms with Gasteiger partial charge in [-0.25, -0.2) is 13.1 Å². The zero-order chi connectivity index (χ0) is 16.3.